The Morgan fingerprint density at radius 1 is 1.08 bits per heavy atom. The first kappa shape index (κ1) is 16.0. The lowest BCUT2D eigenvalue weighted by atomic mass is 10.2. The predicted molar refractivity (Wildman–Crippen MR) is 97.5 cm³/mol. The largest absolute Gasteiger partial charge is 0.457 e. The SMILES string of the molecule is CN(C(=O)/C=C\c1cscn1)c1ccc(Oc2ccccc2)cc1. The number of amides is 1. The molecule has 0 fully saturated rings. The summed E-state index contributed by atoms with van der Waals surface area (Å²) in [6.07, 6.45) is 3.23. The molecule has 3 rings (SSSR count). The Balaban J connectivity index is 1.65. The van der Waals surface area contributed by atoms with Crippen molar-refractivity contribution in [3.63, 3.8) is 0 Å². The predicted octanol–water partition coefficient (Wildman–Crippen LogP) is 4.61. The summed E-state index contributed by atoms with van der Waals surface area (Å²) in [5.41, 5.74) is 3.32. The molecule has 1 amide bonds. The van der Waals surface area contributed by atoms with Gasteiger partial charge in [-0.1, -0.05) is 18.2 Å². The van der Waals surface area contributed by atoms with Crippen molar-refractivity contribution >= 4 is 29.0 Å². The molecule has 0 unspecified atom stereocenters. The number of carbonyl (C=O) groups is 1. The molecule has 0 atom stereocenters. The molecule has 1 aromatic heterocycles. The maximum absolute atomic E-state index is 12.2. The van der Waals surface area contributed by atoms with Crippen LogP contribution in [0.15, 0.2) is 71.6 Å². The third kappa shape index (κ3) is 4.08. The van der Waals surface area contributed by atoms with Gasteiger partial charge in [-0.25, -0.2) is 4.98 Å². The second-order valence-electron chi connectivity index (χ2n) is 5.05. The Morgan fingerprint density at radius 3 is 2.46 bits per heavy atom. The van der Waals surface area contributed by atoms with Crippen LogP contribution < -0.4 is 9.64 Å². The van der Waals surface area contributed by atoms with Crippen molar-refractivity contribution in [2.24, 2.45) is 0 Å². The van der Waals surface area contributed by atoms with Crippen LogP contribution in [-0.2, 0) is 4.79 Å². The van der Waals surface area contributed by atoms with Gasteiger partial charge in [-0.2, -0.15) is 0 Å². The molecule has 0 saturated heterocycles. The highest BCUT2D eigenvalue weighted by Crippen LogP contribution is 2.24. The molecular formula is C19H16N2O2S. The highest BCUT2D eigenvalue weighted by atomic mass is 32.1. The second kappa shape index (κ2) is 7.57. The number of nitrogens with zero attached hydrogens (tertiary/aromatic N) is 2. The molecule has 4 nitrogen and oxygen atoms in total. The van der Waals surface area contributed by atoms with Gasteiger partial charge < -0.3 is 9.64 Å². The van der Waals surface area contributed by atoms with E-state index in [4.69, 9.17) is 4.74 Å². The molecule has 0 bridgehead atoms. The lowest BCUT2D eigenvalue weighted by molar-refractivity contribution is -0.113. The van der Waals surface area contributed by atoms with Crippen LogP contribution in [0.2, 0.25) is 0 Å². The molecule has 120 valence electrons. The number of benzene rings is 2. The maximum atomic E-state index is 12.2. The quantitative estimate of drug-likeness (QED) is 0.639. The third-order valence-electron chi connectivity index (χ3n) is 3.38. The number of hydrogen-bond acceptors (Lipinski definition) is 4. The van der Waals surface area contributed by atoms with Gasteiger partial charge in [-0.05, 0) is 42.5 Å². The van der Waals surface area contributed by atoms with Crippen LogP contribution in [0.25, 0.3) is 6.08 Å². The van der Waals surface area contributed by atoms with Gasteiger partial charge in [0, 0.05) is 24.2 Å². The van der Waals surface area contributed by atoms with Crippen LogP contribution in [0.5, 0.6) is 11.5 Å². The number of para-hydroxylation sites is 1. The number of anilines is 1. The number of rotatable bonds is 5. The smallest absolute Gasteiger partial charge is 0.250 e. The lowest BCUT2D eigenvalue weighted by Crippen LogP contribution is -2.23. The second-order valence-corrected chi connectivity index (χ2v) is 5.77. The van der Waals surface area contributed by atoms with Crippen LogP contribution in [0.3, 0.4) is 0 Å². The first-order valence-corrected chi connectivity index (χ1v) is 8.33. The maximum Gasteiger partial charge on any atom is 0.250 e. The Morgan fingerprint density at radius 2 is 1.79 bits per heavy atom. The molecule has 24 heavy (non-hydrogen) atoms. The third-order valence-corrected chi connectivity index (χ3v) is 3.99. The standard InChI is InChI=1S/C19H16N2O2S/c1-21(19(22)12-7-15-13-24-14-20-15)16-8-10-18(11-9-16)23-17-5-3-2-4-6-17/h2-14H,1H3/b12-7-. The van der Waals surface area contributed by atoms with E-state index in [9.17, 15) is 4.79 Å². The minimum absolute atomic E-state index is 0.111. The molecule has 3 aromatic rings. The number of hydrogen-bond donors (Lipinski definition) is 0. The number of aromatic nitrogens is 1. The Bertz CT molecular complexity index is 812. The highest BCUT2D eigenvalue weighted by Gasteiger charge is 2.08. The van der Waals surface area contributed by atoms with Crippen molar-refractivity contribution in [1.82, 2.24) is 4.98 Å². The average molecular weight is 336 g/mol. The molecule has 1 heterocycles. The number of likely N-dealkylation sites (N-methyl/N-ethyl adjacent to an activating group) is 1. The van der Waals surface area contributed by atoms with Gasteiger partial charge >= 0.3 is 0 Å². The number of carbonyl (C=O) groups excluding carboxylic acids is 1. The van der Waals surface area contributed by atoms with Crippen molar-refractivity contribution in [1.29, 1.82) is 0 Å². The van der Waals surface area contributed by atoms with Gasteiger partial charge in [0.15, 0.2) is 0 Å². The summed E-state index contributed by atoms with van der Waals surface area (Å²) in [5.74, 6) is 1.39. The number of ether oxygens (including phenoxy) is 1. The normalized spacial score (nSPS) is 10.7. The summed E-state index contributed by atoms with van der Waals surface area (Å²) in [6.45, 7) is 0. The Labute approximate surface area is 144 Å². The highest BCUT2D eigenvalue weighted by molar-refractivity contribution is 7.07. The summed E-state index contributed by atoms with van der Waals surface area (Å²) in [5, 5.41) is 1.89. The van der Waals surface area contributed by atoms with E-state index in [-0.39, 0.29) is 5.91 Å². The fourth-order valence-electron chi connectivity index (χ4n) is 2.06. The van der Waals surface area contributed by atoms with E-state index in [1.807, 2.05) is 60.0 Å². The fourth-order valence-corrected chi connectivity index (χ4v) is 2.58. The summed E-state index contributed by atoms with van der Waals surface area (Å²) in [7, 11) is 1.74. The molecular weight excluding hydrogens is 320 g/mol. The molecule has 0 saturated carbocycles. The fraction of sp³-hybridized carbons (Fsp3) is 0.0526. The Kier molecular flexibility index (Phi) is 5.03. The van der Waals surface area contributed by atoms with E-state index in [1.165, 1.54) is 17.4 Å². The minimum Gasteiger partial charge on any atom is -0.457 e. The zero-order valence-corrected chi connectivity index (χ0v) is 13.9. The summed E-state index contributed by atoms with van der Waals surface area (Å²) < 4.78 is 5.75. The molecule has 0 aliphatic rings. The van der Waals surface area contributed by atoms with Crippen LogP contribution in [-0.4, -0.2) is 17.9 Å². The summed E-state index contributed by atoms with van der Waals surface area (Å²) in [4.78, 5) is 17.9. The van der Waals surface area contributed by atoms with Gasteiger partial charge in [-0.15, -0.1) is 11.3 Å². The first-order chi connectivity index (χ1) is 11.7. The molecule has 0 spiro atoms. The number of thiazole rings is 1. The van der Waals surface area contributed by atoms with Crippen molar-refractivity contribution in [3.05, 3.63) is 77.3 Å². The van der Waals surface area contributed by atoms with Crippen LogP contribution >= 0.6 is 11.3 Å². The van der Waals surface area contributed by atoms with E-state index in [0.717, 1.165) is 22.9 Å². The van der Waals surface area contributed by atoms with Crippen molar-refractivity contribution in [2.75, 3.05) is 11.9 Å². The summed E-state index contributed by atoms with van der Waals surface area (Å²) >= 11 is 1.50. The average Bonchev–Trinajstić information content (AvgIpc) is 3.14. The lowest BCUT2D eigenvalue weighted by Gasteiger charge is -2.15. The molecule has 0 aliphatic heterocycles. The van der Waals surface area contributed by atoms with Crippen LogP contribution in [0.1, 0.15) is 5.69 Å². The molecule has 2 aromatic carbocycles. The summed E-state index contributed by atoms with van der Waals surface area (Å²) in [6, 6.07) is 17.0. The molecule has 0 aliphatic carbocycles. The van der Waals surface area contributed by atoms with Crippen LogP contribution in [0, 0.1) is 0 Å². The van der Waals surface area contributed by atoms with Gasteiger partial charge in [0.1, 0.15) is 11.5 Å². The monoisotopic (exact) mass is 336 g/mol. The van der Waals surface area contributed by atoms with Crippen molar-refractivity contribution < 1.29 is 9.53 Å². The van der Waals surface area contributed by atoms with Gasteiger partial charge in [0.05, 0.1) is 11.2 Å². The first-order valence-electron chi connectivity index (χ1n) is 7.39. The van der Waals surface area contributed by atoms with Gasteiger partial charge in [-0.3, -0.25) is 4.79 Å². The van der Waals surface area contributed by atoms with E-state index in [0.29, 0.717) is 0 Å². The van der Waals surface area contributed by atoms with Gasteiger partial charge in [0.25, 0.3) is 5.91 Å². The Hall–Kier alpha value is -2.92. The minimum atomic E-state index is -0.111. The van der Waals surface area contributed by atoms with E-state index >= 15 is 0 Å². The molecule has 0 radical (unpaired) electrons. The van der Waals surface area contributed by atoms with Gasteiger partial charge in [0.2, 0.25) is 0 Å². The molecule has 5 heteroatoms. The van der Waals surface area contributed by atoms with Crippen LogP contribution in [0.4, 0.5) is 5.69 Å². The van der Waals surface area contributed by atoms with Crippen molar-refractivity contribution in [2.45, 2.75) is 0 Å². The van der Waals surface area contributed by atoms with E-state index < -0.39 is 0 Å². The van der Waals surface area contributed by atoms with Crippen molar-refractivity contribution in [3.8, 4) is 11.5 Å². The van der Waals surface area contributed by atoms with E-state index in [1.54, 1.807) is 23.5 Å². The zero-order chi connectivity index (χ0) is 16.8. The van der Waals surface area contributed by atoms with E-state index in [2.05, 4.69) is 4.98 Å². The zero-order valence-electron chi connectivity index (χ0n) is 13.1. The molecule has 0 N–H and O–H groups in total. The topological polar surface area (TPSA) is 42.4 Å².